The number of nitrogens with zero attached hydrogens (tertiary/aromatic N) is 5. The lowest BCUT2D eigenvalue weighted by molar-refractivity contribution is 0.781. The Morgan fingerprint density at radius 1 is 0.958 bits per heavy atom. The normalized spacial score (nSPS) is 10.9. The van der Waals surface area contributed by atoms with Gasteiger partial charge in [-0.3, -0.25) is 0 Å². The van der Waals surface area contributed by atoms with Gasteiger partial charge in [-0.05, 0) is 44.2 Å². The lowest BCUT2D eigenvalue weighted by Crippen LogP contribution is -2.08. The van der Waals surface area contributed by atoms with Crippen LogP contribution in [0.3, 0.4) is 0 Å². The highest BCUT2D eigenvalue weighted by atomic mass is 15.4. The fourth-order valence-corrected chi connectivity index (χ4v) is 2.64. The van der Waals surface area contributed by atoms with Gasteiger partial charge in [-0.2, -0.15) is 10.1 Å². The minimum absolute atomic E-state index is 0.540. The number of pyridine rings is 1. The van der Waals surface area contributed by atoms with E-state index in [1.165, 1.54) is 0 Å². The summed E-state index contributed by atoms with van der Waals surface area (Å²) in [5, 5.41) is 8.70. The van der Waals surface area contributed by atoms with Crippen LogP contribution in [0.4, 0.5) is 11.6 Å². The maximum atomic E-state index is 4.68. The van der Waals surface area contributed by atoms with E-state index in [0.717, 1.165) is 28.1 Å². The number of para-hydroxylation sites is 1. The third kappa shape index (κ3) is 2.58. The van der Waals surface area contributed by atoms with Crippen molar-refractivity contribution in [2.45, 2.75) is 13.8 Å². The molecule has 1 aromatic carbocycles. The molecule has 1 N–H and O–H groups in total. The van der Waals surface area contributed by atoms with E-state index < -0.39 is 0 Å². The molecule has 0 aliphatic carbocycles. The number of fused-ring (bicyclic) bond motifs is 1. The standard InChI is InChI=1S/C18H16N6/c1-12-11-13(2)24(23-12)18-20-15-8-4-3-7-14(15)17(22-18)21-16-9-5-6-10-19-16/h3-11H,1-2H3,(H,19,20,21,22). The maximum absolute atomic E-state index is 4.68. The molecule has 24 heavy (non-hydrogen) atoms. The Bertz CT molecular complexity index is 1010. The van der Waals surface area contributed by atoms with Gasteiger partial charge in [0.15, 0.2) is 0 Å². The molecule has 0 atom stereocenters. The van der Waals surface area contributed by atoms with E-state index in [9.17, 15) is 0 Å². The summed E-state index contributed by atoms with van der Waals surface area (Å²) in [4.78, 5) is 13.6. The maximum Gasteiger partial charge on any atom is 0.253 e. The molecule has 6 nitrogen and oxygen atoms in total. The first kappa shape index (κ1) is 14.3. The zero-order valence-corrected chi connectivity index (χ0v) is 13.4. The van der Waals surface area contributed by atoms with Gasteiger partial charge in [0.05, 0.1) is 11.2 Å². The number of aromatic nitrogens is 5. The van der Waals surface area contributed by atoms with Crippen LogP contribution in [0.15, 0.2) is 54.7 Å². The monoisotopic (exact) mass is 316 g/mol. The van der Waals surface area contributed by atoms with Crippen molar-refractivity contribution < 1.29 is 0 Å². The second kappa shape index (κ2) is 5.73. The Labute approximate surface area is 139 Å². The quantitative estimate of drug-likeness (QED) is 0.626. The van der Waals surface area contributed by atoms with Crippen molar-refractivity contribution in [1.82, 2.24) is 24.7 Å². The number of anilines is 2. The zero-order valence-electron chi connectivity index (χ0n) is 13.4. The van der Waals surface area contributed by atoms with Crippen LogP contribution in [0.25, 0.3) is 16.9 Å². The predicted molar refractivity (Wildman–Crippen MR) is 93.7 cm³/mol. The lowest BCUT2D eigenvalue weighted by Gasteiger charge is -2.11. The summed E-state index contributed by atoms with van der Waals surface area (Å²) in [5.74, 6) is 1.99. The summed E-state index contributed by atoms with van der Waals surface area (Å²) in [7, 11) is 0. The number of benzene rings is 1. The molecular weight excluding hydrogens is 300 g/mol. The highest BCUT2D eigenvalue weighted by Crippen LogP contribution is 2.24. The molecule has 118 valence electrons. The van der Waals surface area contributed by atoms with Crippen molar-refractivity contribution >= 4 is 22.5 Å². The summed E-state index contributed by atoms with van der Waals surface area (Å²) in [6, 6.07) is 15.6. The first-order valence-electron chi connectivity index (χ1n) is 7.69. The van der Waals surface area contributed by atoms with Crippen LogP contribution in [0.2, 0.25) is 0 Å². The SMILES string of the molecule is Cc1cc(C)n(-c2nc(Nc3ccccn3)c3ccccc3n2)n1. The molecule has 0 aliphatic heterocycles. The van der Waals surface area contributed by atoms with Crippen molar-refractivity contribution in [1.29, 1.82) is 0 Å². The number of rotatable bonds is 3. The van der Waals surface area contributed by atoms with Gasteiger partial charge >= 0.3 is 0 Å². The fourth-order valence-electron chi connectivity index (χ4n) is 2.64. The third-order valence-corrected chi connectivity index (χ3v) is 3.70. The van der Waals surface area contributed by atoms with Crippen molar-refractivity contribution in [3.63, 3.8) is 0 Å². The molecule has 0 saturated carbocycles. The van der Waals surface area contributed by atoms with Crippen molar-refractivity contribution in [2.24, 2.45) is 0 Å². The molecule has 3 heterocycles. The Kier molecular flexibility index (Phi) is 3.42. The molecular formula is C18H16N6. The Hall–Kier alpha value is -3.28. The molecule has 0 aliphatic rings. The highest BCUT2D eigenvalue weighted by molar-refractivity contribution is 5.90. The van der Waals surface area contributed by atoms with Crippen molar-refractivity contribution in [2.75, 3.05) is 5.32 Å². The Balaban J connectivity index is 1.89. The molecule has 4 aromatic rings. The first-order valence-corrected chi connectivity index (χ1v) is 7.69. The van der Waals surface area contributed by atoms with Gasteiger partial charge in [-0.15, -0.1) is 0 Å². The van der Waals surface area contributed by atoms with Crippen LogP contribution >= 0.6 is 0 Å². The lowest BCUT2D eigenvalue weighted by atomic mass is 10.2. The summed E-state index contributed by atoms with van der Waals surface area (Å²) in [6.45, 7) is 3.95. The average Bonchev–Trinajstić information content (AvgIpc) is 2.94. The molecule has 0 fully saturated rings. The van der Waals surface area contributed by atoms with E-state index in [4.69, 9.17) is 0 Å². The summed E-state index contributed by atoms with van der Waals surface area (Å²) in [5.41, 5.74) is 2.78. The average molecular weight is 316 g/mol. The van der Waals surface area contributed by atoms with Crippen LogP contribution < -0.4 is 5.32 Å². The van der Waals surface area contributed by atoms with Crippen LogP contribution in [0.5, 0.6) is 0 Å². The van der Waals surface area contributed by atoms with Crippen LogP contribution in [0.1, 0.15) is 11.4 Å². The molecule has 0 saturated heterocycles. The largest absolute Gasteiger partial charge is 0.324 e. The second-order valence-corrected chi connectivity index (χ2v) is 5.57. The molecule has 0 spiro atoms. The van der Waals surface area contributed by atoms with Crippen LogP contribution in [0, 0.1) is 13.8 Å². The number of aryl methyl sites for hydroxylation is 2. The van der Waals surface area contributed by atoms with Gasteiger partial charge < -0.3 is 5.32 Å². The smallest absolute Gasteiger partial charge is 0.253 e. The van der Waals surface area contributed by atoms with E-state index in [0.29, 0.717) is 11.8 Å². The topological polar surface area (TPSA) is 68.5 Å². The highest BCUT2D eigenvalue weighted by Gasteiger charge is 2.12. The van der Waals surface area contributed by atoms with E-state index in [-0.39, 0.29) is 0 Å². The van der Waals surface area contributed by atoms with Gasteiger partial charge in [0.2, 0.25) is 0 Å². The van der Waals surface area contributed by atoms with Gasteiger partial charge in [0.1, 0.15) is 11.6 Å². The Morgan fingerprint density at radius 2 is 1.79 bits per heavy atom. The van der Waals surface area contributed by atoms with Crippen LogP contribution in [-0.2, 0) is 0 Å². The molecule has 0 unspecified atom stereocenters. The molecule has 4 rings (SSSR count). The molecule has 6 heteroatoms. The van der Waals surface area contributed by atoms with Gasteiger partial charge in [0.25, 0.3) is 5.95 Å². The van der Waals surface area contributed by atoms with Gasteiger partial charge in [-0.1, -0.05) is 18.2 Å². The summed E-state index contributed by atoms with van der Waals surface area (Å²) < 4.78 is 1.76. The number of hydrogen-bond donors (Lipinski definition) is 1. The molecule has 0 radical (unpaired) electrons. The van der Waals surface area contributed by atoms with Gasteiger partial charge in [0, 0.05) is 17.3 Å². The summed E-state index contributed by atoms with van der Waals surface area (Å²) >= 11 is 0. The van der Waals surface area contributed by atoms with Crippen molar-refractivity contribution in [3.8, 4) is 5.95 Å². The first-order chi connectivity index (χ1) is 11.7. The van der Waals surface area contributed by atoms with Crippen molar-refractivity contribution in [3.05, 3.63) is 66.1 Å². The van der Waals surface area contributed by atoms with E-state index in [1.807, 2.05) is 62.4 Å². The molecule has 3 aromatic heterocycles. The second-order valence-electron chi connectivity index (χ2n) is 5.57. The number of hydrogen-bond acceptors (Lipinski definition) is 5. The van der Waals surface area contributed by atoms with E-state index in [2.05, 4.69) is 25.4 Å². The molecule has 0 bridgehead atoms. The summed E-state index contributed by atoms with van der Waals surface area (Å²) in [6.07, 6.45) is 1.74. The van der Waals surface area contributed by atoms with Crippen LogP contribution in [-0.4, -0.2) is 24.7 Å². The fraction of sp³-hybridized carbons (Fsp3) is 0.111. The minimum Gasteiger partial charge on any atom is -0.324 e. The Morgan fingerprint density at radius 3 is 2.54 bits per heavy atom. The van der Waals surface area contributed by atoms with E-state index >= 15 is 0 Å². The predicted octanol–water partition coefficient (Wildman–Crippen LogP) is 3.57. The van der Waals surface area contributed by atoms with E-state index in [1.54, 1.807) is 10.9 Å². The number of nitrogens with one attached hydrogen (secondary N) is 1. The minimum atomic E-state index is 0.540. The van der Waals surface area contributed by atoms with Gasteiger partial charge in [-0.25, -0.2) is 14.6 Å². The zero-order chi connectivity index (χ0) is 16.5. The third-order valence-electron chi connectivity index (χ3n) is 3.70. The molecule has 0 amide bonds.